The van der Waals surface area contributed by atoms with Crippen LogP contribution < -0.4 is 14.2 Å². The lowest BCUT2D eigenvalue weighted by atomic mass is 10.1. The Balaban J connectivity index is 1.39. The molecule has 0 fully saturated rings. The number of ether oxygens (including phenoxy) is 4. The molecule has 4 nitrogen and oxygen atoms in total. The van der Waals surface area contributed by atoms with Crippen LogP contribution in [-0.2, 0) is 4.74 Å². The molecule has 0 N–H and O–H groups in total. The summed E-state index contributed by atoms with van der Waals surface area (Å²) in [5.74, 6) is 2.31. The molecule has 0 amide bonds. The first-order valence-electron chi connectivity index (χ1n) is 9.43. The van der Waals surface area contributed by atoms with Crippen molar-refractivity contribution in [2.24, 2.45) is 0 Å². The maximum absolute atomic E-state index is 5.86. The molecule has 0 saturated heterocycles. The molecule has 3 rings (SSSR count). The molecule has 146 valence electrons. The summed E-state index contributed by atoms with van der Waals surface area (Å²) in [6, 6.07) is 20.1. The smallest absolute Gasteiger partial charge is 0.161 e. The predicted octanol–water partition coefficient (Wildman–Crippen LogP) is 5.36. The van der Waals surface area contributed by atoms with Crippen LogP contribution in [0.3, 0.4) is 0 Å². The molecular formula is C24H26O4. The van der Waals surface area contributed by atoms with Crippen LogP contribution in [-0.4, -0.2) is 33.5 Å². The number of hydrogen-bond acceptors (Lipinski definition) is 4. The Kier molecular flexibility index (Phi) is 7.33. The van der Waals surface area contributed by atoms with Gasteiger partial charge in [0.1, 0.15) is 19.0 Å². The third kappa shape index (κ3) is 5.27. The highest BCUT2D eigenvalue weighted by atomic mass is 16.6. The summed E-state index contributed by atoms with van der Waals surface area (Å²) in [6.45, 7) is 3.92. The lowest BCUT2D eigenvalue weighted by molar-refractivity contribution is 0.0761. The second kappa shape index (κ2) is 10.4. The number of rotatable bonds is 10. The van der Waals surface area contributed by atoms with Gasteiger partial charge < -0.3 is 18.9 Å². The Labute approximate surface area is 166 Å². The predicted molar refractivity (Wildman–Crippen MR) is 113 cm³/mol. The van der Waals surface area contributed by atoms with Gasteiger partial charge >= 0.3 is 0 Å². The Bertz CT molecular complexity index is 912. The summed E-state index contributed by atoms with van der Waals surface area (Å²) in [4.78, 5) is 0. The Morgan fingerprint density at radius 3 is 2.29 bits per heavy atom. The van der Waals surface area contributed by atoms with Gasteiger partial charge in [0.25, 0.3) is 0 Å². The minimum atomic E-state index is 0.452. The molecule has 0 bridgehead atoms. The van der Waals surface area contributed by atoms with E-state index in [4.69, 9.17) is 18.9 Å². The molecule has 0 atom stereocenters. The number of allylic oxidation sites excluding steroid dienone is 1. The van der Waals surface area contributed by atoms with E-state index in [1.165, 1.54) is 5.39 Å². The van der Waals surface area contributed by atoms with Crippen molar-refractivity contribution < 1.29 is 18.9 Å². The van der Waals surface area contributed by atoms with Gasteiger partial charge in [-0.2, -0.15) is 0 Å². The Morgan fingerprint density at radius 2 is 1.50 bits per heavy atom. The van der Waals surface area contributed by atoms with E-state index >= 15 is 0 Å². The number of hydrogen-bond donors (Lipinski definition) is 0. The van der Waals surface area contributed by atoms with Crippen LogP contribution >= 0.6 is 0 Å². The van der Waals surface area contributed by atoms with E-state index in [0.717, 1.165) is 22.4 Å². The van der Waals surface area contributed by atoms with Crippen molar-refractivity contribution in [3.63, 3.8) is 0 Å². The SMILES string of the molecule is C/C=C/c1ccc(OCCOCCOc2cccc3ccccc23)c(OC)c1. The highest BCUT2D eigenvalue weighted by Gasteiger charge is 2.05. The molecule has 0 unspecified atom stereocenters. The van der Waals surface area contributed by atoms with Gasteiger partial charge in [-0.25, -0.2) is 0 Å². The minimum Gasteiger partial charge on any atom is -0.493 e. The molecule has 4 heteroatoms. The molecule has 0 spiro atoms. The molecule has 0 aliphatic rings. The average molecular weight is 378 g/mol. The molecule has 0 aliphatic carbocycles. The first kappa shape index (κ1) is 19.8. The molecule has 3 aromatic carbocycles. The van der Waals surface area contributed by atoms with Crippen molar-refractivity contribution in [1.29, 1.82) is 0 Å². The van der Waals surface area contributed by atoms with Gasteiger partial charge in [-0.1, -0.05) is 54.6 Å². The Hall–Kier alpha value is -2.98. The van der Waals surface area contributed by atoms with Gasteiger partial charge in [0.15, 0.2) is 11.5 Å². The lowest BCUT2D eigenvalue weighted by Crippen LogP contribution is -2.12. The molecule has 0 aliphatic heterocycles. The fourth-order valence-electron chi connectivity index (χ4n) is 2.94. The lowest BCUT2D eigenvalue weighted by Gasteiger charge is -2.12. The summed E-state index contributed by atoms with van der Waals surface area (Å²) in [5.41, 5.74) is 1.08. The van der Waals surface area contributed by atoms with E-state index in [2.05, 4.69) is 18.2 Å². The average Bonchev–Trinajstić information content (AvgIpc) is 2.74. The van der Waals surface area contributed by atoms with Crippen molar-refractivity contribution in [2.45, 2.75) is 6.92 Å². The summed E-state index contributed by atoms with van der Waals surface area (Å²) in [6.07, 6.45) is 4.01. The topological polar surface area (TPSA) is 36.9 Å². The molecule has 0 saturated carbocycles. The Morgan fingerprint density at radius 1 is 0.750 bits per heavy atom. The van der Waals surface area contributed by atoms with E-state index < -0.39 is 0 Å². The molecule has 28 heavy (non-hydrogen) atoms. The van der Waals surface area contributed by atoms with Crippen LogP contribution in [0.4, 0.5) is 0 Å². The fourth-order valence-corrected chi connectivity index (χ4v) is 2.94. The quantitative estimate of drug-likeness (QED) is 0.445. The van der Waals surface area contributed by atoms with E-state index in [9.17, 15) is 0 Å². The van der Waals surface area contributed by atoms with Crippen molar-refractivity contribution in [3.05, 3.63) is 72.3 Å². The van der Waals surface area contributed by atoms with Gasteiger partial charge in [0, 0.05) is 5.39 Å². The van der Waals surface area contributed by atoms with Crippen molar-refractivity contribution >= 4 is 16.8 Å². The third-order valence-corrected chi connectivity index (χ3v) is 4.27. The zero-order valence-corrected chi connectivity index (χ0v) is 16.4. The summed E-state index contributed by atoms with van der Waals surface area (Å²) in [5, 5.41) is 2.28. The van der Waals surface area contributed by atoms with Crippen LogP contribution in [0.2, 0.25) is 0 Å². The van der Waals surface area contributed by atoms with Gasteiger partial charge in [0.05, 0.1) is 20.3 Å². The molecule has 3 aromatic rings. The van der Waals surface area contributed by atoms with Crippen LogP contribution in [0.15, 0.2) is 66.7 Å². The maximum atomic E-state index is 5.86. The monoisotopic (exact) mass is 378 g/mol. The largest absolute Gasteiger partial charge is 0.493 e. The van der Waals surface area contributed by atoms with E-state index in [-0.39, 0.29) is 0 Å². The van der Waals surface area contributed by atoms with Gasteiger partial charge in [0.2, 0.25) is 0 Å². The maximum Gasteiger partial charge on any atom is 0.161 e. The van der Waals surface area contributed by atoms with Crippen molar-refractivity contribution in [3.8, 4) is 17.2 Å². The molecule has 0 heterocycles. The van der Waals surface area contributed by atoms with Gasteiger partial charge in [-0.05, 0) is 36.1 Å². The van der Waals surface area contributed by atoms with Gasteiger partial charge in [-0.15, -0.1) is 0 Å². The van der Waals surface area contributed by atoms with Crippen LogP contribution in [0.25, 0.3) is 16.8 Å². The highest BCUT2D eigenvalue weighted by Crippen LogP contribution is 2.28. The normalized spacial score (nSPS) is 11.1. The van der Waals surface area contributed by atoms with Crippen molar-refractivity contribution in [2.75, 3.05) is 33.5 Å². The first-order chi connectivity index (χ1) is 13.8. The summed E-state index contributed by atoms with van der Waals surface area (Å²) >= 11 is 0. The van der Waals surface area contributed by atoms with Crippen LogP contribution in [0.5, 0.6) is 17.2 Å². The number of fused-ring (bicyclic) bond motifs is 1. The van der Waals surface area contributed by atoms with Crippen molar-refractivity contribution in [1.82, 2.24) is 0 Å². The van der Waals surface area contributed by atoms with E-state index in [0.29, 0.717) is 32.2 Å². The molecular weight excluding hydrogens is 352 g/mol. The molecule has 0 aromatic heterocycles. The van der Waals surface area contributed by atoms with Crippen LogP contribution in [0.1, 0.15) is 12.5 Å². The zero-order chi connectivity index (χ0) is 19.6. The second-order valence-corrected chi connectivity index (χ2v) is 6.20. The minimum absolute atomic E-state index is 0.452. The first-order valence-corrected chi connectivity index (χ1v) is 9.43. The van der Waals surface area contributed by atoms with Gasteiger partial charge in [-0.3, -0.25) is 0 Å². The molecule has 0 radical (unpaired) electrons. The third-order valence-electron chi connectivity index (χ3n) is 4.27. The van der Waals surface area contributed by atoms with E-state index in [1.54, 1.807) is 7.11 Å². The summed E-state index contributed by atoms with van der Waals surface area (Å²) < 4.78 is 22.6. The highest BCUT2D eigenvalue weighted by molar-refractivity contribution is 5.88. The second-order valence-electron chi connectivity index (χ2n) is 6.20. The van der Waals surface area contributed by atoms with Crippen LogP contribution in [0, 0.1) is 0 Å². The standard InChI is InChI=1S/C24H26O4/c1-3-7-19-12-13-23(24(18-19)25-2)28-17-15-26-14-16-27-22-11-6-9-20-8-4-5-10-21(20)22/h3-13,18H,14-17H2,1-2H3/b7-3+. The summed E-state index contributed by atoms with van der Waals surface area (Å²) in [7, 11) is 1.64. The zero-order valence-electron chi connectivity index (χ0n) is 16.4. The van der Waals surface area contributed by atoms with E-state index in [1.807, 2.05) is 61.5 Å². The number of benzene rings is 3. The number of methoxy groups -OCH3 is 1. The fraction of sp³-hybridized carbons (Fsp3) is 0.250.